The quantitative estimate of drug-likeness (QED) is 0.457. The highest BCUT2D eigenvalue weighted by Crippen LogP contribution is 2.44. The van der Waals surface area contributed by atoms with Crippen LogP contribution in [0.4, 0.5) is 14.9 Å². The first-order valence-electron chi connectivity index (χ1n) is 11.4. The van der Waals surface area contributed by atoms with Gasteiger partial charge >= 0.3 is 12.1 Å². The molecule has 2 aliphatic rings. The maximum absolute atomic E-state index is 13.8. The predicted molar refractivity (Wildman–Crippen MR) is 127 cm³/mol. The summed E-state index contributed by atoms with van der Waals surface area (Å²) in [5.74, 6) is -2.82. The fourth-order valence-electron chi connectivity index (χ4n) is 4.60. The third kappa shape index (κ3) is 4.73. The van der Waals surface area contributed by atoms with Gasteiger partial charge in [-0.15, -0.1) is 0 Å². The molecule has 0 bridgehead atoms. The molecule has 3 aromatic rings. The summed E-state index contributed by atoms with van der Waals surface area (Å²) < 4.78 is 19.3. The van der Waals surface area contributed by atoms with E-state index in [-0.39, 0.29) is 29.7 Å². The Labute approximate surface area is 200 Å². The van der Waals surface area contributed by atoms with Gasteiger partial charge in [0.2, 0.25) is 5.91 Å². The lowest BCUT2D eigenvalue weighted by Crippen LogP contribution is -2.45. The first-order valence-corrected chi connectivity index (χ1v) is 11.4. The molecule has 8 heteroatoms. The van der Waals surface area contributed by atoms with Gasteiger partial charge in [-0.3, -0.25) is 4.79 Å². The number of carboxylic acid groups (broad SMARTS) is 1. The Hall–Kier alpha value is -4.20. The second-order valence-electron chi connectivity index (χ2n) is 8.81. The molecule has 0 saturated heterocycles. The van der Waals surface area contributed by atoms with Crippen molar-refractivity contribution in [2.45, 2.75) is 24.8 Å². The number of hydrogen-bond acceptors (Lipinski definition) is 4. The Bertz CT molecular complexity index is 1270. The Balaban J connectivity index is 1.25. The van der Waals surface area contributed by atoms with Crippen LogP contribution < -0.4 is 10.6 Å². The van der Waals surface area contributed by atoms with Crippen LogP contribution in [0.2, 0.25) is 0 Å². The molecule has 2 amide bonds. The topological polar surface area (TPSA) is 105 Å². The Morgan fingerprint density at radius 1 is 0.971 bits per heavy atom. The first kappa shape index (κ1) is 22.6. The summed E-state index contributed by atoms with van der Waals surface area (Å²) in [6, 6.07) is 18.2. The number of carboxylic acids is 1. The van der Waals surface area contributed by atoms with E-state index in [1.165, 1.54) is 6.07 Å². The summed E-state index contributed by atoms with van der Waals surface area (Å²) in [6.45, 7) is 0.116. The van der Waals surface area contributed by atoms with Gasteiger partial charge in [-0.25, -0.2) is 14.0 Å². The number of nitrogens with one attached hydrogen (secondary N) is 2. The Morgan fingerprint density at radius 3 is 2.20 bits per heavy atom. The van der Waals surface area contributed by atoms with Crippen LogP contribution in [0.25, 0.3) is 11.1 Å². The summed E-state index contributed by atoms with van der Waals surface area (Å²) in [7, 11) is 0. The van der Waals surface area contributed by atoms with Crippen LogP contribution in [0.15, 0.2) is 66.7 Å². The monoisotopic (exact) mass is 474 g/mol. The molecule has 3 N–H and O–H groups in total. The van der Waals surface area contributed by atoms with Gasteiger partial charge in [-0.2, -0.15) is 0 Å². The lowest BCUT2D eigenvalue weighted by Gasteiger charge is -2.19. The number of carbonyl (C=O) groups excluding carboxylic acids is 2. The second kappa shape index (κ2) is 9.21. The summed E-state index contributed by atoms with van der Waals surface area (Å²) in [6.07, 6.45) is 0.792. The number of ether oxygens (including phenoxy) is 1. The number of halogens is 1. The summed E-state index contributed by atoms with van der Waals surface area (Å²) in [5, 5.41) is 14.3. The van der Waals surface area contributed by atoms with Crippen molar-refractivity contribution in [3.63, 3.8) is 0 Å². The van der Waals surface area contributed by atoms with Gasteiger partial charge in [0.1, 0.15) is 18.5 Å². The van der Waals surface area contributed by atoms with Crippen molar-refractivity contribution in [2.75, 3.05) is 11.9 Å². The van der Waals surface area contributed by atoms with Crippen molar-refractivity contribution < 1.29 is 28.6 Å². The number of fused-ring (bicyclic) bond motifs is 3. The molecular formula is C27H23FN2O5. The molecule has 1 unspecified atom stereocenters. The highest BCUT2D eigenvalue weighted by Gasteiger charge is 2.38. The number of amides is 2. The van der Waals surface area contributed by atoms with Gasteiger partial charge in [0, 0.05) is 11.6 Å². The van der Waals surface area contributed by atoms with E-state index in [0.29, 0.717) is 0 Å². The zero-order chi connectivity index (χ0) is 24.5. The molecule has 35 heavy (non-hydrogen) atoms. The van der Waals surface area contributed by atoms with E-state index >= 15 is 0 Å². The molecule has 0 aliphatic heterocycles. The minimum Gasteiger partial charge on any atom is -0.478 e. The van der Waals surface area contributed by atoms with E-state index in [1.807, 2.05) is 48.5 Å². The Morgan fingerprint density at radius 2 is 1.60 bits per heavy atom. The van der Waals surface area contributed by atoms with Crippen molar-refractivity contribution in [1.82, 2.24) is 5.32 Å². The summed E-state index contributed by atoms with van der Waals surface area (Å²) in [4.78, 5) is 36.7. The fourth-order valence-corrected chi connectivity index (χ4v) is 4.60. The van der Waals surface area contributed by atoms with Gasteiger partial charge in [0.25, 0.3) is 0 Å². The van der Waals surface area contributed by atoms with Crippen LogP contribution in [0, 0.1) is 11.7 Å². The van der Waals surface area contributed by atoms with Gasteiger partial charge < -0.3 is 20.5 Å². The lowest BCUT2D eigenvalue weighted by molar-refractivity contribution is -0.118. The van der Waals surface area contributed by atoms with E-state index in [0.717, 1.165) is 47.2 Å². The Kier molecular flexibility index (Phi) is 5.94. The normalized spacial score (nSPS) is 15.0. The minimum absolute atomic E-state index is 0.00684. The number of hydrogen-bond donors (Lipinski definition) is 3. The number of anilines is 1. The lowest BCUT2D eigenvalue weighted by atomic mass is 9.98. The minimum atomic E-state index is -1.31. The number of alkyl carbamates (subject to hydrolysis) is 1. The average molecular weight is 474 g/mol. The highest BCUT2D eigenvalue weighted by molar-refractivity contribution is 5.98. The zero-order valence-corrected chi connectivity index (χ0v) is 18.7. The van der Waals surface area contributed by atoms with Crippen molar-refractivity contribution >= 4 is 23.7 Å². The van der Waals surface area contributed by atoms with Crippen molar-refractivity contribution in [2.24, 2.45) is 5.92 Å². The SMILES string of the molecule is O=C(NC(C(=O)Nc1cc(F)cc(C(=O)O)c1)C1CC1)OCC1c2ccccc2-c2ccccc21. The van der Waals surface area contributed by atoms with Crippen LogP contribution in [-0.2, 0) is 9.53 Å². The van der Waals surface area contributed by atoms with E-state index in [9.17, 15) is 18.8 Å². The van der Waals surface area contributed by atoms with E-state index in [2.05, 4.69) is 10.6 Å². The molecule has 0 spiro atoms. The van der Waals surface area contributed by atoms with Crippen molar-refractivity contribution in [3.8, 4) is 11.1 Å². The molecular weight excluding hydrogens is 451 g/mol. The molecule has 3 aromatic carbocycles. The molecule has 1 fully saturated rings. The van der Waals surface area contributed by atoms with E-state index < -0.39 is 29.8 Å². The average Bonchev–Trinajstić information content (AvgIpc) is 3.63. The molecule has 178 valence electrons. The maximum atomic E-state index is 13.8. The van der Waals surface area contributed by atoms with Crippen molar-refractivity contribution in [3.05, 3.63) is 89.2 Å². The summed E-state index contributed by atoms with van der Waals surface area (Å²) >= 11 is 0. The van der Waals surface area contributed by atoms with Crippen molar-refractivity contribution in [1.29, 1.82) is 0 Å². The molecule has 1 atom stereocenters. The van der Waals surface area contributed by atoms with Gasteiger partial charge in [0.15, 0.2) is 0 Å². The second-order valence-corrected chi connectivity index (χ2v) is 8.81. The standard InChI is InChI=1S/C27H23FN2O5/c28-17-11-16(26(32)33)12-18(13-17)29-25(31)24(15-9-10-15)30-27(34)35-14-23-21-7-3-1-5-19(21)20-6-2-4-8-22(20)23/h1-8,11-13,15,23-24H,9-10,14H2,(H,29,31)(H,30,34)(H,32,33). The third-order valence-corrected chi connectivity index (χ3v) is 6.41. The smallest absolute Gasteiger partial charge is 0.407 e. The molecule has 2 aliphatic carbocycles. The van der Waals surface area contributed by atoms with Crippen LogP contribution >= 0.6 is 0 Å². The zero-order valence-electron chi connectivity index (χ0n) is 18.7. The molecule has 0 aromatic heterocycles. The highest BCUT2D eigenvalue weighted by atomic mass is 19.1. The number of aromatic carboxylic acids is 1. The van der Waals surface area contributed by atoms with Crippen LogP contribution in [-0.4, -0.2) is 35.7 Å². The van der Waals surface area contributed by atoms with E-state index in [4.69, 9.17) is 9.84 Å². The number of rotatable bonds is 7. The number of carbonyl (C=O) groups is 3. The van der Waals surface area contributed by atoms with E-state index in [1.54, 1.807) is 0 Å². The van der Waals surface area contributed by atoms with Gasteiger partial charge in [-0.05, 0) is 59.2 Å². The third-order valence-electron chi connectivity index (χ3n) is 6.41. The van der Waals surface area contributed by atoms with Gasteiger partial charge in [0.05, 0.1) is 5.56 Å². The number of benzene rings is 3. The maximum Gasteiger partial charge on any atom is 0.407 e. The van der Waals surface area contributed by atoms with Crippen LogP contribution in [0.3, 0.4) is 0 Å². The van der Waals surface area contributed by atoms with Crippen LogP contribution in [0.1, 0.15) is 40.2 Å². The molecule has 0 radical (unpaired) electrons. The predicted octanol–water partition coefficient (Wildman–Crippen LogP) is 4.78. The molecule has 1 saturated carbocycles. The first-order chi connectivity index (χ1) is 16.9. The molecule has 5 rings (SSSR count). The molecule has 0 heterocycles. The fraction of sp³-hybridized carbons (Fsp3) is 0.222. The largest absolute Gasteiger partial charge is 0.478 e. The molecule has 7 nitrogen and oxygen atoms in total. The van der Waals surface area contributed by atoms with Gasteiger partial charge in [-0.1, -0.05) is 48.5 Å². The summed E-state index contributed by atoms with van der Waals surface area (Å²) in [5.41, 5.74) is 4.11. The van der Waals surface area contributed by atoms with Crippen LogP contribution in [0.5, 0.6) is 0 Å².